The van der Waals surface area contributed by atoms with Gasteiger partial charge in [0.25, 0.3) is 5.91 Å². The third kappa shape index (κ3) is 7.56. The SMILES string of the molecule is CN(C(=O)[C@@H](NC(=O)C(CC1CCCC1)CN(O)C=O)C(C)(C)C)C1CCN(C(=O)c2ccoc2)CC1. The Morgan fingerprint density at radius 2 is 1.84 bits per heavy atom. The zero-order chi connectivity index (χ0) is 27.2. The number of hydrogen-bond donors (Lipinski definition) is 2. The number of furan rings is 1. The number of nitrogens with one attached hydrogen (secondary N) is 1. The second-order valence-corrected chi connectivity index (χ2v) is 11.6. The van der Waals surface area contributed by atoms with Crippen LogP contribution in [0.2, 0.25) is 0 Å². The van der Waals surface area contributed by atoms with Gasteiger partial charge in [-0.25, -0.2) is 5.06 Å². The molecule has 206 valence electrons. The van der Waals surface area contributed by atoms with Crippen LogP contribution in [0.15, 0.2) is 23.0 Å². The van der Waals surface area contributed by atoms with Gasteiger partial charge in [0, 0.05) is 26.2 Å². The lowest BCUT2D eigenvalue weighted by molar-refractivity contribution is -0.156. The molecular formula is C27H42N4O6. The van der Waals surface area contributed by atoms with Gasteiger partial charge in [-0.2, -0.15) is 0 Å². The highest BCUT2D eigenvalue weighted by Crippen LogP contribution is 2.31. The van der Waals surface area contributed by atoms with E-state index < -0.39 is 17.4 Å². The first kappa shape index (κ1) is 28.7. The van der Waals surface area contributed by atoms with Crippen molar-refractivity contribution < 1.29 is 28.8 Å². The molecule has 37 heavy (non-hydrogen) atoms. The highest BCUT2D eigenvalue weighted by Gasteiger charge is 2.39. The minimum Gasteiger partial charge on any atom is -0.472 e. The average Bonchev–Trinajstić information content (AvgIpc) is 3.59. The fourth-order valence-electron chi connectivity index (χ4n) is 5.50. The molecule has 2 atom stereocenters. The van der Waals surface area contributed by atoms with E-state index in [1.54, 1.807) is 22.9 Å². The highest BCUT2D eigenvalue weighted by molar-refractivity contribution is 5.94. The number of hydrogen-bond acceptors (Lipinski definition) is 6. The van der Waals surface area contributed by atoms with E-state index in [2.05, 4.69) is 5.32 Å². The van der Waals surface area contributed by atoms with E-state index in [1.165, 1.54) is 12.5 Å². The van der Waals surface area contributed by atoms with E-state index >= 15 is 0 Å². The summed E-state index contributed by atoms with van der Waals surface area (Å²) in [6.45, 7) is 6.68. The minimum atomic E-state index is -0.773. The topological polar surface area (TPSA) is 123 Å². The maximum atomic E-state index is 13.7. The zero-order valence-electron chi connectivity index (χ0n) is 22.5. The highest BCUT2D eigenvalue weighted by atomic mass is 16.5. The number of piperidine rings is 1. The van der Waals surface area contributed by atoms with E-state index in [4.69, 9.17) is 4.42 Å². The maximum absolute atomic E-state index is 13.7. The summed E-state index contributed by atoms with van der Waals surface area (Å²) in [6, 6.07) is 0.816. The summed E-state index contributed by atoms with van der Waals surface area (Å²) in [5, 5.41) is 13.3. The van der Waals surface area contributed by atoms with Crippen molar-refractivity contribution in [2.45, 2.75) is 77.8 Å². The van der Waals surface area contributed by atoms with Crippen LogP contribution in [0, 0.1) is 17.3 Å². The van der Waals surface area contributed by atoms with Gasteiger partial charge in [0.1, 0.15) is 12.3 Å². The third-order valence-electron chi connectivity index (χ3n) is 7.81. The van der Waals surface area contributed by atoms with Crippen LogP contribution >= 0.6 is 0 Å². The summed E-state index contributed by atoms with van der Waals surface area (Å²) in [5.41, 5.74) is -0.0398. The Balaban J connectivity index is 1.64. The Hall–Kier alpha value is -2.88. The van der Waals surface area contributed by atoms with Gasteiger partial charge in [0.05, 0.1) is 24.3 Å². The smallest absolute Gasteiger partial charge is 0.257 e. The molecule has 3 rings (SSSR count). The number of amides is 4. The Labute approximate surface area is 219 Å². The Bertz CT molecular complexity index is 914. The number of hydroxylamine groups is 2. The van der Waals surface area contributed by atoms with Crippen LogP contribution in [0.4, 0.5) is 0 Å². The molecule has 0 radical (unpaired) electrons. The minimum absolute atomic E-state index is 0.0556. The third-order valence-corrected chi connectivity index (χ3v) is 7.81. The Morgan fingerprint density at radius 3 is 2.38 bits per heavy atom. The Kier molecular flexibility index (Phi) is 9.75. The molecule has 2 heterocycles. The van der Waals surface area contributed by atoms with Crippen LogP contribution in [0.5, 0.6) is 0 Å². The Morgan fingerprint density at radius 1 is 1.19 bits per heavy atom. The molecule has 4 amide bonds. The lowest BCUT2D eigenvalue weighted by Crippen LogP contribution is -2.58. The van der Waals surface area contributed by atoms with Gasteiger partial charge in [-0.15, -0.1) is 0 Å². The molecule has 1 aliphatic carbocycles. The largest absolute Gasteiger partial charge is 0.472 e. The van der Waals surface area contributed by atoms with Gasteiger partial charge in [-0.05, 0) is 36.7 Å². The van der Waals surface area contributed by atoms with Crippen molar-refractivity contribution in [3.8, 4) is 0 Å². The molecular weight excluding hydrogens is 476 g/mol. The van der Waals surface area contributed by atoms with Crippen molar-refractivity contribution in [1.29, 1.82) is 0 Å². The molecule has 0 aromatic carbocycles. The number of carbonyl (C=O) groups excluding carboxylic acids is 4. The summed E-state index contributed by atoms with van der Waals surface area (Å²) < 4.78 is 5.02. The first-order chi connectivity index (χ1) is 17.5. The molecule has 1 saturated heterocycles. The number of likely N-dealkylation sites (N-methyl/N-ethyl adjacent to an activating group) is 1. The molecule has 10 nitrogen and oxygen atoms in total. The van der Waals surface area contributed by atoms with Crippen molar-refractivity contribution in [2.75, 3.05) is 26.7 Å². The van der Waals surface area contributed by atoms with E-state index in [1.807, 2.05) is 20.8 Å². The van der Waals surface area contributed by atoms with E-state index in [0.29, 0.717) is 55.3 Å². The molecule has 1 aliphatic heterocycles. The van der Waals surface area contributed by atoms with Crippen molar-refractivity contribution in [3.05, 3.63) is 24.2 Å². The molecule has 1 aromatic rings. The molecule has 0 bridgehead atoms. The predicted octanol–water partition coefficient (Wildman–Crippen LogP) is 2.92. The number of carbonyl (C=O) groups is 4. The van der Waals surface area contributed by atoms with Crippen LogP contribution in [-0.4, -0.2) is 83.0 Å². The van der Waals surface area contributed by atoms with E-state index in [0.717, 1.165) is 25.7 Å². The van der Waals surface area contributed by atoms with Gasteiger partial charge >= 0.3 is 0 Å². The molecule has 2 aliphatic rings. The molecule has 1 saturated carbocycles. The first-order valence-electron chi connectivity index (χ1n) is 13.3. The lowest BCUT2D eigenvalue weighted by Gasteiger charge is -2.40. The number of likely N-dealkylation sites (tertiary alicyclic amines) is 1. The van der Waals surface area contributed by atoms with E-state index in [9.17, 15) is 24.4 Å². The zero-order valence-corrected chi connectivity index (χ0v) is 22.5. The van der Waals surface area contributed by atoms with Gasteiger partial charge in [-0.1, -0.05) is 46.5 Å². The normalized spacial score (nSPS) is 18.8. The van der Waals surface area contributed by atoms with Crippen molar-refractivity contribution in [2.24, 2.45) is 17.3 Å². The van der Waals surface area contributed by atoms with Gasteiger partial charge in [0.15, 0.2) is 0 Å². The number of rotatable bonds is 10. The fourth-order valence-corrected chi connectivity index (χ4v) is 5.50. The predicted molar refractivity (Wildman–Crippen MR) is 136 cm³/mol. The van der Waals surface area contributed by atoms with Gasteiger partial charge in [0.2, 0.25) is 18.2 Å². The summed E-state index contributed by atoms with van der Waals surface area (Å²) in [7, 11) is 1.75. The van der Waals surface area contributed by atoms with Crippen molar-refractivity contribution >= 4 is 24.1 Å². The van der Waals surface area contributed by atoms with Crippen LogP contribution in [0.25, 0.3) is 0 Å². The summed E-state index contributed by atoms with van der Waals surface area (Å²) in [6.07, 6.45) is 9.37. The fraction of sp³-hybridized carbons (Fsp3) is 0.704. The monoisotopic (exact) mass is 518 g/mol. The molecule has 1 unspecified atom stereocenters. The van der Waals surface area contributed by atoms with Gasteiger partial charge < -0.3 is 19.5 Å². The van der Waals surface area contributed by atoms with Crippen LogP contribution in [-0.2, 0) is 14.4 Å². The summed E-state index contributed by atoms with van der Waals surface area (Å²) >= 11 is 0. The summed E-state index contributed by atoms with van der Waals surface area (Å²) in [5.74, 6) is -0.815. The number of nitrogens with zero attached hydrogens (tertiary/aromatic N) is 3. The molecule has 2 N–H and O–H groups in total. The van der Waals surface area contributed by atoms with Crippen molar-refractivity contribution in [3.63, 3.8) is 0 Å². The molecule has 1 aromatic heterocycles. The second kappa shape index (κ2) is 12.6. The molecule has 10 heteroatoms. The lowest BCUT2D eigenvalue weighted by atomic mass is 9.84. The maximum Gasteiger partial charge on any atom is 0.257 e. The van der Waals surface area contributed by atoms with Gasteiger partial charge in [-0.3, -0.25) is 24.4 Å². The quantitative estimate of drug-likeness (QED) is 0.279. The second-order valence-electron chi connectivity index (χ2n) is 11.6. The van der Waals surface area contributed by atoms with Crippen LogP contribution in [0.1, 0.15) is 76.1 Å². The summed E-state index contributed by atoms with van der Waals surface area (Å²) in [4.78, 5) is 54.2. The standard InChI is InChI=1S/C27H42N4O6/c1-27(2,3)23(28-24(33)21(16-31(36)18-32)15-19-7-5-6-8-19)26(35)29(4)22-9-12-30(13-10-22)25(34)20-11-14-37-17-20/h11,14,17-19,21-23,36H,5-10,12-13,15-16H2,1-4H3,(H,28,33)/t21?,23-/m1/s1. The van der Waals surface area contributed by atoms with Crippen LogP contribution < -0.4 is 5.32 Å². The first-order valence-corrected chi connectivity index (χ1v) is 13.3. The molecule has 2 fully saturated rings. The van der Waals surface area contributed by atoms with Crippen LogP contribution in [0.3, 0.4) is 0 Å². The van der Waals surface area contributed by atoms with E-state index in [-0.39, 0.29) is 30.3 Å². The van der Waals surface area contributed by atoms with Crippen molar-refractivity contribution in [1.82, 2.24) is 20.2 Å². The molecule has 0 spiro atoms. The average molecular weight is 519 g/mol.